The van der Waals surface area contributed by atoms with Crippen LogP contribution < -0.4 is 21.3 Å². The van der Waals surface area contributed by atoms with Gasteiger partial charge in [0.25, 0.3) is 5.91 Å². The van der Waals surface area contributed by atoms with E-state index in [1.165, 1.54) is 13.8 Å². The first kappa shape index (κ1) is 28.8. The highest BCUT2D eigenvalue weighted by Gasteiger charge is 2.40. The second-order valence-corrected chi connectivity index (χ2v) is 11.1. The van der Waals surface area contributed by atoms with Crippen LogP contribution in [-0.4, -0.2) is 64.6 Å². The van der Waals surface area contributed by atoms with E-state index in [4.69, 9.17) is 0 Å². The number of amides is 2. The summed E-state index contributed by atoms with van der Waals surface area (Å²) in [5.74, 6) is -1.14. The number of alkyl halides is 1. The van der Waals surface area contributed by atoms with Crippen LogP contribution in [0.15, 0.2) is 30.3 Å². The summed E-state index contributed by atoms with van der Waals surface area (Å²) in [6, 6.07) is 7.10. The molecular weight excluding hydrogens is 495 g/mol. The Morgan fingerprint density at radius 3 is 2.41 bits per heavy atom. The van der Waals surface area contributed by atoms with Gasteiger partial charge in [0.2, 0.25) is 5.91 Å². The van der Waals surface area contributed by atoms with Gasteiger partial charge in [-0.1, -0.05) is 54.1 Å². The van der Waals surface area contributed by atoms with Crippen molar-refractivity contribution in [2.24, 2.45) is 5.92 Å². The van der Waals surface area contributed by atoms with Crippen LogP contribution in [0.5, 0.6) is 0 Å². The van der Waals surface area contributed by atoms with Gasteiger partial charge in [0, 0.05) is 23.6 Å². The molecule has 1 heterocycles. The van der Waals surface area contributed by atoms with Crippen LogP contribution >= 0.6 is 11.5 Å². The molecule has 1 aliphatic rings. The third kappa shape index (κ3) is 7.62. The van der Waals surface area contributed by atoms with Crippen LogP contribution in [0.1, 0.15) is 52.9 Å². The lowest BCUT2D eigenvalue weighted by Crippen LogP contribution is -2.61. The summed E-state index contributed by atoms with van der Waals surface area (Å²) < 4.78 is 19.3. The van der Waals surface area contributed by atoms with Gasteiger partial charge in [-0.05, 0) is 46.6 Å². The van der Waals surface area contributed by atoms with Gasteiger partial charge >= 0.3 is 0 Å². The molecule has 0 unspecified atom stereocenters. The van der Waals surface area contributed by atoms with E-state index < -0.39 is 35.1 Å². The fourth-order valence-electron chi connectivity index (χ4n) is 4.47. The Balaban J connectivity index is 1.79. The average Bonchev–Trinajstić information content (AvgIpc) is 3.35. The van der Waals surface area contributed by atoms with Crippen molar-refractivity contribution in [3.63, 3.8) is 0 Å². The molecule has 0 saturated heterocycles. The highest BCUT2D eigenvalue weighted by molar-refractivity contribution is 7.10. The Bertz CT molecular complexity index is 1050. The van der Waals surface area contributed by atoms with Crippen LogP contribution in [-0.2, 0) is 14.4 Å². The predicted molar refractivity (Wildman–Crippen MR) is 143 cm³/mol. The van der Waals surface area contributed by atoms with E-state index in [-0.39, 0.29) is 12.5 Å². The fourth-order valence-corrected chi connectivity index (χ4v) is 5.07. The fraction of sp³-hybridized carbons (Fsp3) is 0.577. The largest absolute Gasteiger partial charge is 0.340 e. The maximum Gasteiger partial charge on any atom is 0.250 e. The number of likely N-dealkylation sites (N-methyl/N-ethyl adjacent to an activating group) is 1. The predicted octanol–water partition coefficient (Wildman–Crippen LogP) is 3.09. The van der Waals surface area contributed by atoms with Crippen LogP contribution in [0.2, 0.25) is 0 Å². The number of carbonyl (C=O) groups excluding carboxylic acids is 3. The van der Waals surface area contributed by atoms with Gasteiger partial charge < -0.3 is 26.1 Å². The van der Waals surface area contributed by atoms with Crippen molar-refractivity contribution in [3.05, 3.63) is 30.3 Å². The number of carbonyl (C=O) groups is 3. The van der Waals surface area contributed by atoms with Crippen molar-refractivity contribution >= 4 is 34.6 Å². The summed E-state index contributed by atoms with van der Waals surface area (Å²) in [5, 5.41) is 16.0. The normalized spacial score (nSPS) is 17.9. The summed E-state index contributed by atoms with van der Waals surface area (Å²) in [6.45, 7) is 4.46. The zero-order valence-electron chi connectivity index (χ0n) is 21.8. The third-order valence-electron chi connectivity index (χ3n) is 6.93. The van der Waals surface area contributed by atoms with Crippen molar-refractivity contribution in [2.75, 3.05) is 18.9 Å². The molecule has 0 spiro atoms. The zero-order valence-corrected chi connectivity index (χ0v) is 22.7. The van der Waals surface area contributed by atoms with Crippen molar-refractivity contribution < 1.29 is 18.8 Å². The van der Waals surface area contributed by atoms with E-state index >= 15 is 4.39 Å². The number of aldehydes is 1. The maximum atomic E-state index is 15.3. The second kappa shape index (κ2) is 12.7. The van der Waals surface area contributed by atoms with E-state index in [0.717, 1.165) is 55.5 Å². The molecule has 37 heavy (non-hydrogen) atoms. The van der Waals surface area contributed by atoms with Crippen LogP contribution in [0, 0.1) is 5.92 Å². The molecule has 0 aliphatic heterocycles. The second-order valence-electron chi connectivity index (χ2n) is 10.4. The summed E-state index contributed by atoms with van der Waals surface area (Å²) >= 11 is 0.984. The van der Waals surface area contributed by atoms with E-state index in [1.54, 1.807) is 14.0 Å². The molecular formula is C26H37FN6O3S. The molecule has 0 radical (unpaired) electrons. The standard InChI is InChI=1S/C26H37FN6O3S/c1-25(2,27)21(23(36)31-24-20(32-33-37-24)18-13-9-6-10-14-18)30-22(35)19(17-11-7-5-8-12-17)29-15-26(3,16-34)28-4/h6,9-10,13-14,16-17,19,21,28-29H,5,7-8,11-12,15H2,1-4H3,(H,30,35)(H,31,36)/t19-,21+,26+/m0/s1. The number of aromatic nitrogens is 2. The molecule has 3 rings (SSSR count). The van der Waals surface area contributed by atoms with Crippen molar-refractivity contribution in [1.29, 1.82) is 0 Å². The Hall–Kier alpha value is -2.76. The molecule has 2 aromatic rings. The lowest BCUT2D eigenvalue weighted by atomic mass is 9.83. The van der Waals surface area contributed by atoms with Crippen LogP contribution in [0.25, 0.3) is 11.3 Å². The molecule has 1 aromatic heterocycles. The van der Waals surface area contributed by atoms with Crippen molar-refractivity contribution in [1.82, 2.24) is 25.5 Å². The van der Waals surface area contributed by atoms with Crippen LogP contribution in [0.3, 0.4) is 0 Å². The Morgan fingerprint density at radius 1 is 1.14 bits per heavy atom. The number of benzene rings is 1. The molecule has 1 aliphatic carbocycles. The summed E-state index contributed by atoms with van der Waals surface area (Å²) in [4.78, 5) is 38.4. The SMILES string of the molecule is CN[C@@](C)(C=O)CN[C@H](C(=O)N[C@H](C(=O)Nc1snnc1-c1ccccc1)C(C)(C)F)C1CCCCC1. The minimum absolute atomic E-state index is 0.0170. The molecule has 11 heteroatoms. The third-order valence-corrected chi connectivity index (χ3v) is 7.57. The summed E-state index contributed by atoms with van der Waals surface area (Å²) in [7, 11) is 1.68. The topological polar surface area (TPSA) is 125 Å². The molecule has 9 nitrogen and oxygen atoms in total. The molecule has 1 saturated carbocycles. The quantitative estimate of drug-likeness (QED) is 0.310. The number of hydrogen-bond acceptors (Lipinski definition) is 8. The lowest BCUT2D eigenvalue weighted by molar-refractivity contribution is -0.132. The molecule has 2 amide bonds. The number of anilines is 1. The van der Waals surface area contributed by atoms with Gasteiger partial charge in [-0.15, -0.1) is 5.10 Å². The van der Waals surface area contributed by atoms with Gasteiger partial charge in [-0.2, -0.15) is 0 Å². The number of halogens is 1. The number of nitrogens with one attached hydrogen (secondary N) is 4. The number of nitrogens with zero attached hydrogens (tertiary/aromatic N) is 2. The zero-order chi connectivity index (χ0) is 27.1. The van der Waals surface area contributed by atoms with E-state index in [0.29, 0.717) is 10.7 Å². The lowest BCUT2D eigenvalue weighted by Gasteiger charge is -2.35. The Morgan fingerprint density at radius 2 is 1.81 bits per heavy atom. The maximum absolute atomic E-state index is 15.3. The number of rotatable bonds is 12. The Labute approximate surface area is 221 Å². The van der Waals surface area contributed by atoms with Gasteiger partial charge in [-0.3, -0.25) is 9.59 Å². The van der Waals surface area contributed by atoms with E-state index in [9.17, 15) is 14.4 Å². The highest BCUT2D eigenvalue weighted by atomic mass is 32.1. The highest BCUT2D eigenvalue weighted by Crippen LogP contribution is 2.30. The van der Waals surface area contributed by atoms with Gasteiger partial charge in [-0.25, -0.2) is 4.39 Å². The van der Waals surface area contributed by atoms with Crippen molar-refractivity contribution in [2.45, 2.75) is 76.2 Å². The van der Waals surface area contributed by atoms with E-state index in [2.05, 4.69) is 30.9 Å². The first-order chi connectivity index (χ1) is 17.6. The average molecular weight is 533 g/mol. The molecule has 0 bridgehead atoms. The first-order valence-electron chi connectivity index (χ1n) is 12.6. The Kier molecular flexibility index (Phi) is 9.86. The first-order valence-corrected chi connectivity index (χ1v) is 13.4. The summed E-state index contributed by atoms with van der Waals surface area (Å²) in [6.07, 6.45) is 5.56. The number of hydrogen-bond donors (Lipinski definition) is 4. The smallest absolute Gasteiger partial charge is 0.250 e. The van der Waals surface area contributed by atoms with E-state index in [1.807, 2.05) is 30.3 Å². The van der Waals surface area contributed by atoms with Crippen molar-refractivity contribution in [3.8, 4) is 11.3 Å². The van der Waals surface area contributed by atoms with Gasteiger partial charge in [0.1, 0.15) is 28.7 Å². The minimum Gasteiger partial charge on any atom is -0.340 e. The molecule has 1 fully saturated rings. The van der Waals surface area contributed by atoms with Gasteiger partial charge in [0.05, 0.1) is 11.6 Å². The summed E-state index contributed by atoms with van der Waals surface area (Å²) in [5.41, 5.74) is -1.68. The van der Waals surface area contributed by atoms with Gasteiger partial charge in [0.15, 0.2) is 0 Å². The molecule has 3 atom stereocenters. The molecule has 4 N–H and O–H groups in total. The van der Waals surface area contributed by atoms with Crippen LogP contribution in [0.4, 0.5) is 9.39 Å². The molecule has 1 aromatic carbocycles. The monoisotopic (exact) mass is 532 g/mol. The molecule has 202 valence electrons. The minimum atomic E-state index is -2.05.